The summed E-state index contributed by atoms with van der Waals surface area (Å²) in [7, 11) is 0. The summed E-state index contributed by atoms with van der Waals surface area (Å²) in [4.78, 5) is 14.5. The predicted octanol–water partition coefficient (Wildman–Crippen LogP) is 3.96. The van der Waals surface area contributed by atoms with Gasteiger partial charge in [0.15, 0.2) is 0 Å². The molecule has 2 atom stereocenters. The molecule has 2 heterocycles. The average molecular weight is 381 g/mol. The van der Waals surface area contributed by atoms with E-state index in [2.05, 4.69) is 29.7 Å². The van der Waals surface area contributed by atoms with Gasteiger partial charge in [0.1, 0.15) is 10.6 Å². The van der Waals surface area contributed by atoms with Crippen molar-refractivity contribution in [2.45, 2.75) is 26.3 Å². The third-order valence-corrected chi connectivity index (χ3v) is 5.53. The smallest absolute Gasteiger partial charge is 0.265 e. The molecule has 1 fully saturated rings. The monoisotopic (exact) mass is 380 g/mol. The summed E-state index contributed by atoms with van der Waals surface area (Å²) in [6.07, 6.45) is 0.966. The van der Waals surface area contributed by atoms with Crippen LogP contribution in [-0.2, 0) is 0 Å². The van der Waals surface area contributed by atoms with Gasteiger partial charge in [0, 0.05) is 10.9 Å². The number of amides is 1. The van der Waals surface area contributed by atoms with E-state index < -0.39 is 0 Å². The van der Waals surface area contributed by atoms with Crippen LogP contribution in [0.4, 0.5) is 0 Å². The van der Waals surface area contributed by atoms with Crippen LogP contribution in [-0.4, -0.2) is 31.6 Å². The standard InChI is InChI=1S/C19H24N2O2S.ClH/c1-3-23-16-11-17(14-7-5-4-6-8-14)24-18(16)19(22)21-15-9-10-20-12-13(15)2;/h4-8,11,13,15,20H,3,9-10,12H2,1-2H3,(H,21,22);1H. The highest BCUT2D eigenvalue weighted by atomic mass is 35.5. The summed E-state index contributed by atoms with van der Waals surface area (Å²) in [6.45, 7) is 6.56. The first kappa shape index (κ1) is 19.8. The number of hydrogen-bond acceptors (Lipinski definition) is 4. The number of carbonyl (C=O) groups is 1. The fraction of sp³-hybridized carbons (Fsp3) is 0.421. The second-order valence-corrected chi connectivity index (χ2v) is 7.21. The maximum Gasteiger partial charge on any atom is 0.265 e. The third-order valence-electron chi connectivity index (χ3n) is 4.36. The highest BCUT2D eigenvalue weighted by Crippen LogP contribution is 2.36. The Morgan fingerprint density at radius 2 is 2.12 bits per heavy atom. The minimum Gasteiger partial charge on any atom is -0.492 e. The van der Waals surface area contributed by atoms with Gasteiger partial charge in [-0.25, -0.2) is 0 Å². The van der Waals surface area contributed by atoms with Crippen molar-refractivity contribution in [2.75, 3.05) is 19.7 Å². The van der Waals surface area contributed by atoms with Crippen LogP contribution >= 0.6 is 23.7 Å². The van der Waals surface area contributed by atoms with Crippen molar-refractivity contribution in [1.82, 2.24) is 10.6 Å². The molecule has 2 N–H and O–H groups in total. The summed E-state index contributed by atoms with van der Waals surface area (Å²) in [5, 5.41) is 6.56. The van der Waals surface area contributed by atoms with Crippen LogP contribution in [0.25, 0.3) is 10.4 Å². The van der Waals surface area contributed by atoms with Crippen molar-refractivity contribution in [2.24, 2.45) is 5.92 Å². The van der Waals surface area contributed by atoms with Crippen molar-refractivity contribution in [3.63, 3.8) is 0 Å². The molecular weight excluding hydrogens is 356 g/mol. The van der Waals surface area contributed by atoms with E-state index in [0.29, 0.717) is 23.2 Å². The largest absolute Gasteiger partial charge is 0.492 e. The minimum absolute atomic E-state index is 0. The van der Waals surface area contributed by atoms with E-state index in [1.165, 1.54) is 11.3 Å². The molecular formula is C19H25ClN2O2S. The van der Waals surface area contributed by atoms with Crippen molar-refractivity contribution < 1.29 is 9.53 Å². The van der Waals surface area contributed by atoms with E-state index in [9.17, 15) is 4.79 Å². The Morgan fingerprint density at radius 1 is 1.36 bits per heavy atom. The first-order chi connectivity index (χ1) is 11.7. The zero-order chi connectivity index (χ0) is 16.9. The first-order valence-electron chi connectivity index (χ1n) is 8.52. The Hall–Kier alpha value is -1.56. The fourth-order valence-corrected chi connectivity index (χ4v) is 4.01. The van der Waals surface area contributed by atoms with Crippen LogP contribution < -0.4 is 15.4 Å². The van der Waals surface area contributed by atoms with Crippen LogP contribution in [0.5, 0.6) is 5.75 Å². The Balaban J connectivity index is 0.00000225. The maximum absolute atomic E-state index is 12.8. The first-order valence-corrected chi connectivity index (χ1v) is 9.34. The Labute approximate surface area is 159 Å². The van der Waals surface area contributed by atoms with Gasteiger partial charge in [0.05, 0.1) is 6.61 Å². The van der Waals surface area contributed by atoms with Crippen molar-refractivity contribution in [3.05, 3.63) is 41.3 Å². The number of halogens is 1. The quantitative estimate of drug-likeness (QED) is 0.825. The van der Waals surface area contributed by atoms with Gasteiger partial charge in [-0.1, -0.05) is 37.3 Å². The van der Waals surface area contributed by atoms with Crippen LogP contribution in [0, 0.1) is 5.92 Å². The summed E-state index contributed by atoms with van der Waals surface area (Å²) < 4.78 is 5.71. The van der Waals surface area contributed by atoms with Gasteiger partial charge in [0.2, 0.25) is 0 Å². The summed E-state index contributed by atoms with van der Waals surface area (Å²) in [6, 6.07) is 12.3. The van der Waals surface area contributed by atoms with Crippen LogP contribution in [0.3, 0.4) is 0 Å². The van der Waals surface area contributed by atoms with E-state index in [-0.39, 0.29) is 24.4 Å². The van der Waals surface area contributed by atoms with E-state index >= 15 is 0 Å². The SMILES string of the molecule is CCOc1cc(-c2ccccc2)sc1C(=O)NC1CCNCC1C.Cl. The molecule has 0 aliphatic carbocycles. The molecule has 6 heteroatoms. The number of rotatable bonds is 5. The van der Waals surface area contributed by atoms with Crippen molar-refractivity contribution in [3.8, 4) is 16.2 Å². The van der Waals surface area contributed by atoms with Crippen molar-refractivity contribution in [1.29, 1.82) is 0 Å². The lowest BCUT2D eigenvalue weighted by Crippen LogP contribution is -2.48. The number of carbonyl (C=O) groups excluding carboxylic acids is 1. The Morgan fingerprint density at radius 3 is 2.80 bits per heavy atom. The van der Waals surface area contributed by atoms with E-state index in [0.717, 1.165) is 30.0 Å². The summed E-state index contributed by atoms with van der Waals surface area (Å²) in [5.74, 6) is 1.09. The molecule has 25 heavy (non-hydrogen) atoms. The van der Waals surface area contributed by atoms with Crippen LogP contribution in [0.2, 0.25) is 0 Å². The lowest BCUT2D eigenvalue weighted by Gasteiger charge is -2.30. The Kier molecular flexibility index (Phi) is 7.29. The molecule has 0 bridgehead atoms. The van der Waals surface area contributed by atoms with Crippen LogP contribution in [0.15, 0.2) is 36.4 Å². The predicted molar refractivity (Wildman–Crippen MR) is 106 cm³/mol. The lowest BCUT2D eigenvalue weighted by molar-refractivity contribution is 0.0915. The minimum atomic E-state index is -0.0237. The molecule has 2 aromatic rings. The third kappa shape index (κ3) is 4.75. The number of ether oxygens (including phenoxy) is 1. The zero-order valence-corrected chi connectivity index (χ0v) is 16.2. The van der Waals surface area contributed by atoms with Gasteiger partial charge in [0.25, 0.3) is 5.91 Å². The summed E-state index contributed by atoms with van der Waals surface area (Å²) >= 11 is 1.50. The molecule has 0 spiro atoms. The number of hydrogen-bond donors (Lipinski definition) is 2. The molecule has 1 aliphatic rings. The number of thiophene rings is 1. The summed E-state index contributed by atoms with van der Waals surface area (Å²) in [5.41, 5.74) is 1.11. The van der Waals surface area contributed by atoms with E-state index in [4.69, 9.17) is 4.74 Å². The molecule has 0 radical (unpaired) electrons. The normalized spacial score (nSPS) is 19.8. The second kappa shape index (κ2) is 9.22. The molecule has 136 valence electrons. The zero-order valence-electron chi connectivity index (χ0n) is 14.6. The molecule has 2 unspecified atom stereocenters. The molecule has 3 rings (SSSR count). The molecule has 1 saturated heterocycles. The lowest BCUT2D eigenvalue weighted by atomic mass is 9.95. The number of benzene rings is 1. The van der Waals surface area contributed by atoms with E-state index in [1.54, 1.807) is 0 Å². The molecule has 4 nitrogen and oxygen atoms in total. The highest BCUT2D eigenvalue weighted by Gasteiger charge is 2.25. The highest BCUT2D eigenvalue weighted by molar-refractivity contribution is 7.17. The molecule has 0 saturated carbocycles. The molecule has 1 aromatic heterocycles. The second-order valence-electron chi connectivity index (χ2n) is 6.15. The Bertz CT molecular complexity index is 690. The number of piperidine rings is 1. The van der Waals surface area contributed by atoms with E-state index in [1.807, 2.05) is 31.2 Å². The maximum atomic E-state index is 12.8. The van der Waals surface area contributed by atoms with Gasteiger partial charge >= 0.3 is 0 Å². The molecule has 1 amide bonds. The molecule has 1 aliphatic heterocycles. The van der Waals surface area contributed by atoms with Crippen LogP contribution in [0.1, 0.15) is 29.9 Å². The number of nitrogens with one attached hydrogen (secondary N) is 2. The van der Waals surface area contributed by atoms with Crippen molar-refractivity contribution >= 4 is 29.7 Å². The van der Waals surface area contributed by atoms with Gasteiger partial charge in [-0.15, -0.1) is 23.7 Å². The van der Waals surface area contributed by atoms with Gasteiger partial charge in [-0.05, 0) is 44.0 Å². The van der Waals surface area contributed by atoms with Gasteiger partial charge in [-0.2, -0.15) is 0 Å². The van der Waals surface area contributed by atoms with Gasteiger partial charge in [-0.3, -0.25) is 4.79 Å². The molecule has 1 aromatic carbocycles. The fourth-order valence-electron chi connectivity index (χ4n) is 3.00. The average Bonchev–Trinajstić information content (AvgIpc) is 3.02. The topological polar surface area (TPSA) is 50.4 Å². The van der Waals surface area contributed by atoms with Gasteiger partial charge < -0.3 is 15.4 Å².